The Kier molecular flexibility index (Phi) is 5.22. The maximum atomic E-state index is 11.7. The van der Waals surface area contributed by atoms with Crippen molar-refractivity contribution in [1.82, 2.24) is 10.2 Å². The number of carbonyl (C=O) groups is 4. The number of aryl methyl sites for hydroxylation is 1. The van der Waals surface area contributed by atoms with Crippen molar-refractivity contribution in [3.05, 3.63) is 23.8 Å². The fraction of sp³-hybridized carbons (Fsp3) is 0.286. The van der Waals surface area contributed by atoms with Crippen molar-refractivity contribution < 1.29 is 24.3 Å². The maximum Gasteiger partial charge on any atom is 0.313 e. The number of phenols is 1. The number of aromatic hydroxyl groups is 1. The number of anilines is 1. The van der Waals surface area contributed by atoms with Crippen LogP contribution < -0.4 is 10.6 Å². The lowest BCUT2D eigenvalue weighted by Crippen LogP contribution is -2.41. The van der Waals surface area contributed by atoms with Gasteiger partial charge in [-0.2, -0.15) is 0 Å². The molecule has 0 saturated carbocycles. The second-order valence-corrected chi connectivity index (χ2v) is 5.76. The number of rotatable bonds is 4. The van der Waals surface area contributed by atoms with Crippen molar-refractivity contribution >= 4 is 40.4 Å². The molecule has 0 aliphatic carbocycles. The molecule has 1 heterocycles. The van der Waals surface area contributed by atoms with Gasteiger partial charge in [0, 0.05) is 13.1 Å². The molecule has 1 aliphatic rings. The van der Waals surface area contributed by atoms with Gasteiger partial charge in [0.15, 0.2) is 0 Å². The number of hydrogen-bond donors (Lipinski definition) is 3. The van der Waals surface area contributed by atoms with Gasteiger partial charge in [-0.15, -0.1) is 0 Å². The molecule has 9 heteroatoms. The highest BCUT2D eigenvalue weighted by atomic mass is 32.2. The molecule has 1 saturated heterocycles. The Morgan fingerprint density at radius 2 is 2.04 bits per heavy atom. The zero-order valence-electron chi connectivity index (χ0n) is 12.3. The summed E-state index contributed by atoms with van der Waals surface area (Å²) < 4.78 is 0. The summed E-state index contributed by atoms with van der Waals surface area (Å²) in [5.41, 5.74) is 0.938. The zero-order chi connectivity index (χ0) is 17.0. The lowest BCUT2D eigenvalue weighted by Gasteiger charge is -2.13. The number of benzene rings is 1. The van der Waals surface area contributed by atoms with Crippen LogP contribution in [0.15, 0.2) is 18.2 Å². The largest absolute Gasteiger partial charge is 0.506 e. The van der Waals surface area contributed by atoms with Crippen molar-refractivity contribution in [3.63, 3.8) is 0 Å². The summed E-state index contributed by atoms with van der Waals surface area (Å²) in [6, 6.07) is 4.59. The van der Waals surface area contributed by atoms with Crippen molar-refractivity contribution in [2.45, 2.75) is 6.92 Å². The highest BCUT2D eigenvalue weighted by Gasteiger charge is 2.29. The normalized spacial score (nSPS) is 14.0. The first-order chi connectivity index (χ1) is 10.9. The van der Waals surface area contributed by atoms with E-state index in [2.05, 4.69) is 10.6 Å². The van der Waals surface area contributed by atoms with Crippen molar-refractivity contribution in [2.24, 2.45) is 0 Å². The van der Waals surface area contributed by atoms with Gasteiger partial charge in [-0.05, 0) is 24.6 Å². The predicted molar refractivity (Wildman–Crippen MR) is 84.1 cm³/mol. The first-order valence-corrected chi connectivity index (χ1v) is 7.73. The topological polar surface area (TPSA) is 116 Å². The SMILES string of the molecule is Cc1ccc(O)c(NC(=O)C(=O)NCCN2C(=O)CSC2=O)c1. The molecule has 0 spiro atoms. The van der Waals surface area contributed by atoms with Crippen LogP contribution in [0, 0.1) is 6.92 Å². The molecule has 4 amide bonds. The second kappa shape index (κ2) is 7.14. The van der Waals surface area contributed by atoms with E-state index in [1.807, 2.05) is 0 Å². The first-order valence-electron chi connectivity index (χ1n) is 6.74. The molecule has 1 fully saturated rings. The Bertz CT molecular complexity index is 660. The quantitative estimate of drug-likeness (QED) is 0.543. The Morgan fingerprint density at radius 1 is 1.30 bits per heavy atom. The van der Waals surface area contributed by atoms with Crippen LogP contribution >= 0.6 is 11.8 Å². The lowest BCUT2D eigenvalue weighted by molar-refractivity contribution is -0.136. The van der Waals surface area contributed by atoms with Gasteiger partial charge < -0.3 is 15.7 Å². The van der Waals surface area contributed by atoms with Gasteiger partial charge in [0.1, 0.15) is 5.75 Å². The Hall–Kier alpha value is -2.55. The zero-order valence-corrected chi connectivity index (χ0v) is 13.1. The van der Waals surface area contributed by atoms with E-state index in [-0.39, 0.29) is 41.4 Å². The minimum absolute atomic E-state index is 0.0133. The van der Waals surface area contributed by atoms with Crippen LogP contribution in [0.2, 0.25) is 0 Å². The monoisotopic (exact) mass is 337 g/mol. The molecule has 1 aromatic rings. The summed E-state index contributed by atoms with van der Waals surface area (Å²) in [5.74, 6) is -2.23. The van der Waals surface area contributed by atoms with E-state index in [0.29, 0.717) is 0 Å². The molecule has 3 N–H and O–H groups in total. The predicted octanol–water partition coefficient (Wildman–Crippen LogP) is 0.451. The van der Waals surface area contributed by atoms with Crippen LogP contribution in [0.1, 0.15) is 5.56 Å². The average molecular weight is 337 g/mol. The molecule has 0 unspecified atom stereocenters. The fourth-order valence-electron chi connectivity index (χ4n) is 1.89. The van der Waals surface area contributed by atoms with E-state index >= 15 is 0 Å². The smallest absolute Gasteiger partial charge is 0.313 e. The second-order valence-electron chi connectivity index (χ2n) is 4.83. The van der Waals surface area contributed by atoms with Crippen LogP contribution in [0.3, 0.4) is 0 Å². The molecule has 122 valence electrons. The van der Waals surface area contributed by atoms with Crippen LogP contribution in [0.25, 0.3) is 0 Å². The Morgan fingerprint density at radius 3 is 2.70 bits per heavy atom. The van der Waals surface area contributed by atoms with E-state index < -0.39 is 11.8 Å². The van der Waals surface area contributed by atoms with Gasteiger partial charge in [0.25, 0.3) is 5.24 Å². The van der Waals surface area contributed by atoms with Crippen molar-refractivity contribution in [1.29, 1.82) is 0 Å². The standard InChI is InChI=1S/C14H15N3O5S/c1-8-2-3-10(18)9(6-8)16-13(21)12(20)15-4-5-17-11(19)7-23-14(17)22/h2-3,6,18H,4-5,7H2,1H3,(H,15,20)(H,16,21). The minimum atomic E-state index is -0.945. The Labute approximate surface area is 136 Å². The van der Waals surface area contributed by atoms with Gasteiger partial charge in [-0.1, -0.05) is 17.8 Å². The number of amides is 4. The van der Waals surface area contributed by atoms with E-state index in [4.69, 9.17) is 0 Å². The number of thioether (sulfide) groups is 1. The van der Waals surface area contributed by atoms with Gasteiger partial charge in [0.2, 0.25) is 5.91 Å². The number of hydrogen-bond acceptors (Lipinski definition) is 6. The number of nitrogens with zero attached hydrogens (tertiary/aromatic N) is 1. The molecule has 1 aromatic carbocycles. The number of phenolic OH excluding ortho intramolecular Hbond substituents is 1. The van der Waals surface area contributed by atoms with E-state index in [1.165, 1.54) is 12.1 Å². The maximum absolute atomic E-state index is 11.7. The molecule has 8 nitrogen and oxygen atoms in total. The molecule has 1 aliphatic heterocycles. The van der Waals surface area contributed by atoms with Gasteiger partial charge >= 0.3 is 11.8 Å². The van der Waals surface area contributed by atoms with Gasteiger partial charge in [-0.25, -0.2) is 0 Å². The molecule has 0 radical (unpaired) electrons. The summed E-state index contributed by atoms with van der Waals surface area (Å²) in [6.45, 7) is 1.76. The average Bonchev–Trinajstić information content (AvgIpc) is 2.82. The molecule has 0 atom stereocenters. The first kappa shape index (κ1) is 16.8. The summed E-state index contributed by atoms with van der Waals surface area (Å²) >= 11 is 0.901. The summed E-state index contributed by atoms with van der Waals surface area (Å²) in [5, 5.41) is 13.9. The van der Waals surface area contributed by atoms with Crippen LogP contribution in [-0.2, 0) is 14.4 Å². The molecule has 2 rings (SSSR count). The molecular weight excluding hydrogens is 322 g/mol. The van der Waals surface area contributed by atoms with Crippen molar-refractivity contribution in [3.8, 4) is 5.75 Å². The number of carbonyl (C=O) groups excluding carboxylic acids is 4. The summed E-state index contributed by atoms with van der Waals surface area (Å²) in [7, 11) is 0. The lowest BCUT2D eigenvalue weighted by atomic mass is 10.2. The highest BCUT2D eigenvalue weighted by Crippen LogP contribution is 2.23. The summed E-state index contributed by atoms with van der Waals surface area (Å²) in [6.07, 6.45) is 0. The van der Waals surface area contributed by atoms with E-state index in [1.54, 1.807) is 13.0 Å². The van der Waals surface area contributed by atoms with Crippen LogP contribution in [-0.4, -0.2) is 51.8 Å². The molecule has 0 aromatic heterocycles. The highest BCUT2D eigenvalue weighted by molar-refractivity contribution is 8.14. The van der Waals surface area contributed by atoms with E-state index in [9.17, 15) is 24.3 Å². The third kappa shape index (κ3) is 4.22. The molecule has 23 heavy (non-hydrogen) atoms. The Balaban J connectivity index is 1.83. The van der Waals surface area contributed by atoms with Gasteiger partial charge in [0.05, 0.1) is 11.4 Å². The number of imide groups is 1. The van der Waals surface area contributed by atoms with Gasteiger partial charge in [-0.3, -0.25) is 24.1 Å². The third-order valence-electron chi connectivity index (χ3n) is 3.07. The molecule has 0 bridgehead atoms. The van der Waals surface area contributed by atoms with Crippen molar-refractivity contribution in [2.75, 3.05) is 24.2 Å². The molecular formula is C14H15N3O5S. The van der Waals surface area contributed by atoms with Crippen LogP contribution in [0.5, 0.6) is 5.75 Å². The fourth-order valence-corrected chi connectivity index (χ4v) is 2.64. The summed E-state index contributed by atoms with van der Waals surface area (Å²) in [4.78, 5) is 47.2. The number of nitrogens with one attached hydrogen (secondary N) is 2. The minimum Gasteiger partial charge on any atom is -0.506 e. The third-order valence-corrected chi connectivity index (χ3v) is 3.93. The van der Waals surface area contributed by atoms with Crippen LogP contribution in [0.4, 0.5) is 10.5 Å². The van der Waals surface area contributed by atoms with E-state index in [0.717, 1.165) is 22.2 Å².